The van der Waals surface area contributed by atoms with Crippen molar-refractivity contribution < 1.29 is 4.39 Å². The number of aromatic amines is 1. The highest BCUT2D eigenvalue weighted by molar-refractivity contribution is 7.07. The Labute approximate surface area is 82.5 Å². The minimum absolute atomic E-state index is 0.0803. The van der Waals surface area contributed by atoms with Crippen molar-refractivity contribution in [3.63, 3.8) is 0 Å². The van der Waals surface area contributed by atoms with Crippen LogP contribution in [0.4, 0.5) is 4.39 Å². The van der Waals surface area contributed by atoms with Gasteiger partial charge in [-0.2, -0.15) is 4.39 Å². The van der Waals surface area contributed by atoms with E-state index in [0.717, 1.165) is 0 Å². The van der Waals surface area contributed by atoms with Gasteiger partial charge in [-0.05, 0) is 6.92 Å². The lowest BCUT2D eigenvalue weighted by Gasteiger charge is -1.98. The molecule has 0 amide bonds. The second-order valence-electron chi connectivity index (χ2n) is 2.69. The van der Waals surface area contributed by atoms with E-state index in [9.17, 15) is 9.18 Å². The number of rotatable bonds is 1. The molecule has 0 bridgehead atoms. The molecule has 0 aliphatic rings. The minimum atomic E-state index is -0.844. The first-order valence-electron chi connectivity index (χ1n) is 3.83. The Morgan fingerprint density at radius 1 is 1.57 bits per heavy atom. The van der Waals surface area contributed by atoms with Gasteiger partial charge in [0.1, 0.15) is 5.69 Å². The van der Waals surface area contributed by atoms with Crippen LogP contribution in [0.3, 0.4) is 0 Å². The average Bonchev–Trinajstić information content (AvgIpc) is 2.66. The van der Waals surface area contributed by atoms with E-state index < -0.39 is 11.4 Å². The van der Waals surface area contributed by atoms with Crippen LogP contribution in [0.25, 0.3) is 11.5 Å². The predicted octanol–water partition coefficient (Wildman–Crippen LogP) is 1.34. The molecule has 0 fully saturated rings. The van der Waals surface area contributed by atoms with Crippen molar-refractivity contribution in [2.45, 2.75) is 6.92 Å². The standard InChI is InChI=1S/C8H6FN3OS/c1-4-6(9)8(13)12-7(11-4)5-2-14-3-10-5/h2-3H,1H3,(H,11,12,13). The van der Waals surface area contributed by atoms with Gasteiger partial charge in [-0.25, -0.2) is 9.97 Å². The molecule has 0 saturated heterocycles. The van der Waals surface area contributed by atoms with Crippen LogP contribution >= 0.6 is 11.3 Å². The van der Waals surface area contributed by atoms with Gasteiger partial charge in [0.2, 0.25) is 5.82 Å². The molecule has 0 radical (unpaired) electrons. The zero-order chi connectivity index (χ0) is 10.1. The molecule has 0 unspecified atom stereocenters. The summed E-state index contributed by atoms with van der Waals surface area (Å²) in [7, 11) is 0. The van der Waals surface area contributed by atoms with Crippen molar-refractivity contribution in [3.05, 3.63) is 32.8 Å². The first-order valence-corrected chi connectivity index (χ1v) is 4.78. The SMILES string of the molecule is Cc1nc(-c2cscn2)[nH]c(=O)c1F. The van der Waals surface area contributed by atoms with Crippen molar-refractivity contribution in [1.29, 1.82) is 0 Å². The van der Waals surface area contributed by atoms with Crippen LogP contribution in [0.1, 0.15) is 5.69 Å². The molecule has 0 saturated carbocycles. The average molecular weight is 211 g/mol. The Morgan fingerprint density at radius 2 is 2.36 bits per heavy atom. The van der Waals surface area contributed by atoms with Crippen LogP contribution in [0.15, 0.2) is 15.7 Å². The van der Waals surface area contributed by atoms with Crippen LogP contribution in [0.2, 0.25) is 0 Å². The van der Waals surface area contributed by atoms with Crippen LogP contribution < -0.4 is 5.56 Å². The number of nitrogens with zero attached hydrogens (tertiary/aromatic N) is 2. The molecule has 0 atom stereocenters. The number of aryl methyl sites for hydroxylation is 1. The summed E-state index contributed by atoms with van der Waals surface area (Å²) in [5, 5.41) is 1.73. The topological polar surface area (TPSA) is 58.6 Å². The summed E-state index contributed by atoms with van der Waals surface area (Å²) in [5.41, 5.74) is 1.49. The van der Waals surface area contributed by atoms with Crippen molar-refractivity contribution in [1.82, 2.24) is 15.0 Å². The summed E-state index contributed by atoms with van der Waals surface area (Å²) in [5.74, 6) is -0.542. The molecule has 2 rings (SSSR count). The van der Waals surface area contributed by atoms with Gasteiger partial charge in [0.05, 0.1) is 11.2 Å². The third-order valence-electron chi connectivity index (χ3n) is 1.70. The number of nitrogens with one attached hydrogen (secondary N) is 1. The fraction of sp³-hybridized carbons (Fsp3) is 0.125. The maximum Gasteiger partial charge on any atom is 0.287 e. The lowest BCUT2D eigenvalue weighted by Crippen LogP contribution is -2.15. The van der Waals surface area contributed by atoms with E-state index in [4.69, 9.17) is 0 Å². The molecular weight excluding hydrogens is 205 g/mol. The number of H-pyrrole nitrogens is 1. The second kappa shape index (κ2) is 3.30. The van der Waals surface area contributed by atoms with Gasteiger partial charge in [-0.15, -0.1) is 11.3 Å². The van der Waals surface area contributed by atoms with E-state index in [1.807, 2.05) is 0 Å². The number of aromatic nitrogens is 3. The number of hydrogen-bond donors (Lipinski definition) is 1. The normalized spacial score (nSPS) is 10.4. The Morgan fingerprint density at radius 3 is 2.93 bits per heavy atom. The van der Waals surface area contributed by atoms with Gasteiger partial charge in [0, 0.05) is 5.38 Å². The summed E-state index contributed by atoms with van der Waals surface area (Å²) < 4.78 is 12.9. The molecule has 4 nitrogen and oxygen atoms in total. The van der Waals surface area contributed by atoms with Crippen LogP contribution in [0, 0.1) is 12.7 Å². The van der Waals surface area contributed by atoms with Crippen LogP contribution in [0.5, 0.6) is 0 Å². The molecule has 14 heavy (non-hydrogen) atoms. The summed E-state index contributed by atoms with van der Waals surface area (Å²) in [6.07, 6.45) is 0. The third kappa shape index (κ3) is 1.44. The molecule has 0 aromatic carbocycles. The fourth-order valence-corrected chi connectivity index (χ4v) is 1.56. The number of thiazole rings is 1. The lowest BCUT2D eigenvalue weighted by molar-refractivity contribution is 0.589. The molecule has 2 aromatic heterocycles. The maximum absolute atomic E-state index is 12.9. The van der Waals surface area contributed by atoms with E-state index in [-0.39, 0.29) is 5.69 Å². The molecule has 72 valence electrons. The third-order valence-corrected chi connectivity index (χ3v) is 2.29. The number of halogens is 1. The monoisotopic (exact) mass is 211 g/mol. The fourth-order valence-electron chi connectivity index (χ4n) is 1.02. The summed E-state index contributed by atoms with van der Waals surface area (Å²) in [4.78, 5) is 21.2. The molecule has 6 heteroatoms. The van der Waals surface area contributed by atoms with Gasteiger partial charge in [0.15, 0.2) is 5.82 Å². The van der Waals surface area contributed by atoms with Gasteiger partial charge in [0.25, 0.3) is 5.56 Å². The van der Waals surface area contributed by atoms with Gasteiger partial charge in [-0.1, -0.05) is 0 Å². The summed E-state index contributed by atoms with van der Waals surface area (Å²) >= 11 is 1.38. The minimum Gasteiger partial charge on any atom is -0.303 e. The lowest BCUT2D eigenvalue weighted by atomic mass is 10.4. The largest absolute Gasteiger partial charge is 0.303 e. The van der Waals surface area contributed by atoms with E-state index in [1.54, 1.807) is 10.9 Å². The molecule has 0 aliphatic heterocycles. The second-order valence-corrected chi connectivity index (χ2v) is 3.41. The molecule has 0 spiro atoms. The molecule has 1 N–H and O–H groups in total. The Kier molecular flexibility index (Phi) is 2.12. The zero-order valence-electron chi connectivity index (χ0n) is 7.24. The van der Waals surface area contributed by atoms with Gasteiger partial charge < -0.3 is 4.98 Å². The summed E-state index contributed by atoms with van der Waals surface area (Å²) in [6.45, 7) is 1.44. The molecule has 2 aromatic rings. The highest BCUT2D eigenvalue weighted by Crippen LogP contribution is 2.13. The highest BCUT2D eigenvalue weighted by atomic mass is 32.1. The van der Waals surface area contributed by atoms with Crippen LogP contribution in [-0.2, 0) is 0 Å². The van der Waals surface area contributed by atoms with Crippen molar-refractivity contribution >= 4 is 11.3 Å². The maximum atomic E-state index is 12.9. The Hall–Kier alpha value is -1.56. The molecule has 2 heterocycles. The van der Waals surface area contributed by atoms with E-state index in [2.05, 4.69) is 15.0 Å². The first kappa shape index (κ1) is 9.01. The quantitative estimate of drug-likeness (QED) is 0.774. The smallest absolute Gasteiger partial charge is 0.287 e. The number of hydrogen-bond acceptors (Lipinski definition) is 4. The van der Waals surface area contributed by atoms with Crippen molar-refractivity contribution in [2.75, 3.05) is 0 Å². The van der Waals surface area contributed by atoms with E-state index >= 15 is 0 Å². The first-order chi connectivity index (χ1) is 6.68. The Bertz CT molecular complexity index is 506. The van der Waals surface area contributed by atoms with Crippen molar-refractivity contribution in [3.8, 4) is 11.5 Å². The van der Waals surface area contributed by atoms with Gasteiger partial charge in [-0.3, -0.25) is 4.79 Å². The van der Waals surface area contributed by atoms with Crippen LogP contribution in [-0.4, -0.2) is 15.0 Å². The zero-order valence-corrected chi connectivity index (χ0v) is 8.06. The highest BCUT2D eigenvalue weighted by Gasteiger charge is 2.09. The van der Waals surface area contributed by atoms with Gasteiger partial charge >= 0.3 is 0 Å². The summed E-state index contributed by atoms with van der Waals surface area (Å²) in [6, 6.07) is 0. The molecule has 0 aliphatic carbocycles. The van der Waals surface area contributed by atoms with E-state index in [0.29, 0.717) is 11.5 Å². The van der Waals surface area contributed by atoms with E-state index in [1.165, 1.54) is 18.3 Å². The molecular formula is C8H6FN3OS. The Balaban J connectivity index is 2.63. The predicted molar refractivity (Wildman–Crippen MR) is 50.7 cm³/mol. The van der Waals surface area contributed by atoms with Crippen molar-refractivity contribution in [2.24, 2.45) is 0 Å².